The highest BCUT2D eigenvalue weighted by molar-refractivity contribution is 7.73. The third-order valence-corrected chi connectivity index (χ3v) is 34.3. The quantitative estimate of drug-likeness (QED) is 0.0101. The summed E-state index contributed by atoms with van der Waals surface area (Å²) in [6.45, 7) is 22.7. The van der Waals surface area contributed by atoms with Crippen molar-refractivity contribution in [3.8, 4) is 11.1 Å². The van der Waals surface area contributed by atoms with Gasteiger partial charge in [-0.1, -0.05) is 62.4 Å². The highest BCUT2D eigenvalue weighted by Crippen LogP contribution is 2.48. The van der Waals surface area contributed by atoms with E-state index in [4.69, 9.17) is 55.2 Å². The van der Waals surface area contributed by atoms with Crippen LogP contribution < -0.4 is 28.1 Å². The second-order valence-electron chi connectivity index (χ2n) is 43.3. The van der Waals surface area contributed by atoms with Gasteiger partial charge < -0.3 is 109 Å². The summed E-state index contributed by atoms with van der Waals surface area (Å²) in [5.41, 5.74) is 2.94. The molecule has 8 aliphatic rings. The normalized spacial score (nSPS) is 26.3. The molecule has 5 saturated heterocycles. The summed E-state index contributed by atoms with van der Waals surface area (Å²) >= 11 is 5.25. The minimum atomic E-state index is -1.33. The fourth-order valence-corrected chi connectivity index (χ4v) is 23.3. The van der Waals surface area contributed by atoms with Gasteiger partial charge in [-0.2, -0.15) is 0 Å². The number of esters is 1. The lowest BCUT2D eigenvalue weighted by Crippen LogP contribution is -2.48. The Morgan fingerprint density at radius 2 is 0.772 bits per heavy atom. The molecule has 13 N–H and O–H groups in total. The van der Waals surface area contributed by atoms with E-state index in [0.29, 0.717) is 61.8 Å². The van der Waals surface area contributed by atoms with E-state index in [-0.39, 0.29) is 103 Å². The molecular formula is C102H153N10O31P5S. The van der Waals surface area contributed by atoms with Crippen molar-refractivity contribution in [1.29, 1.82) is 0 Å². The van der Waals surface area contributed by atoms with Crippen molar-refractivity contribution in [2.45, 2.75) is 227 Å². The number of aromatic nitrogens is 6. The van der Waals surface area contributed by atoms with Gasteiger partial charge in [0.25, 0.3) is 16.7 Å². The molecule has 0 radical (unpaired) electrons. The molecule has 41 nitrogen and oxygen atoms in total. The fourth-order valence-electron chi connectivity index (χ4n) is 18.3. The van der Waals surface area contributed by atoms with E-state index in [1.807, 2.05) is 48.5 Å². The monoisotopic (exact) mass is 2200 g/mol. The molecule has 828 valence electrons. The number of ketones is 3. The standard InChI is InChI=1S/C34H43N2O8P.C19H33N2O6P.C17H27N2O5PS.2C16H25N2O6P/c1-21(32(39)44-34(41)42-20-27-25-12-8-6-10-23(25)24-11-7-9-13-26(24)27)14-16-36-19-22(18-35(2)33(36)40)31-30(38)29(37)28(43-31)15-17-45(3,4)5;1-12(18(24)25)6-8-21-11-13(10-20(2)19(21)26)17-16(23)15(22)14(27-17)7-9-28(3,4)5;1-10(20)8-11-9-19(17(26)18-15(11)22)16-14(23-2)13(21)12(24-16)6-7-25(3,4)5;2*1-9(19)7-10-8-18(16(23)17-14(10)22)15-13(21)12(20)11(24-15)5-6-25(2,3)4/h6-13,18,21,27-31,37-38H,3,14-17,19-20H2,1-2,4-5H3;10,12,14-17,22-23H,3,6-9,11H2,1-2,4-5H3,(H,24,25);9,12-14,16,21H,3,6-8H2,1-2,4-5H3,(H,18,22,26);2*8,11-13,15,20-21H,2,5-7H2,1,3-4H3,(H,17,22,23)/t21?,28?,29-,30-,31+;12?,14?,15-,16-,17+;12?,13-,14-,16-;2*11?,12-,13-,15-/m11111/s1. The lowest BCUT2D eigenvalue weighted by atomic mass is 9.98. The molecule has 2 aromatic carbocycles. The number of aliphatic carboxylic acids is 1. The molecule has 4 amide bonds. The van der Waals surface area contributed by atoms with Gasteiger partial charge in [0, 0.05) is 120 Å². The van der Waals surface area contributed by atoms with E-state index in [0.717, 1.165) is 62.2 Å². The molecule has 10 heterocycles. The highest BCUT2D eigenvalue weighted by Gasteiger charge is 2.51. The molecule has 0 saturated carbocycles. The zero-order valence-electron chi connectivity index (χ0n) is 88.3. The second-order valence-corrected chi connectivity index (χ2v) is 65.3. The van der Waals surface area contributed by atoms with E-state index < -0.39 is 215 Å². The van der Waals surface area contributed by atoms with Gasteiger partial charge in [0.15, 0.2) is 23.5 Å². The molecule has 149 heavy (non-hydrogen) atoms. The first-order valence-corrected chi connectivity index (χ1v) is 65.0. The number of carbonyl (C=O) groups excluding carboxylic acids is 7. The summed E-state index contributed by atoms with van der Waals surface area (Å²) in [4.78, 5) is 168. The Bertz CT molecular complexity index is 6160. The second kappa shape index (κ2) is 52.9. The number of methoxy groups -OCH3 is 1. The van der Waals surface area contributed by atoms with Crippen LogP contribution in [0.25, 0.3) is 11.1 Å². The first-order valence-electron chi connectivity index (χ1n) is 49.3. The predicted octanol–water partition coefficient (Wildman–Crippen LogP) is 5.46. The molecule has 1 aliphatic carbocycles. The van der Waals surface area contributed by atoms with Gasteiger partial charge in [-0.25, -0.2) is 24.0 Å². The average molecular weight is 2200 g/mol. The van der Waals surface area contributed by atoms with Crippen LogP contribution in [0.1, 0.15) is 132 Å². The number of aromatic amines is 3. The minimum Gasteiger partial charge on any atom is -0.481 e. The van der Waals surface area contributed by atoms with Gasteiger partial charge in [-0.3, -0.25) is 67.0 Å². The number of benzene rings is 2. The number of carbonyl (C=O) groups is 8. The van der Waals surface area contributed by atoms with E-state index in [2.05, 4.69) is 113 Å². The molecule has 5 fully saturated rings. The summed E-state index contributed by atoms with van der Waals surface area (Å²) in [6.07, 6.45) is 16.6. The zero-order chi connectivity index (χ0) is 111. The SMILES string of the molecule is C=P(C)(C)CCC1O[C@@H](C2=CN(C)C(=O)N(CCC(C)C(=O)O)C2)[C@H](O)[C@@H]1O.C=P(C)(C)CCC1O[C@@H](C2=CN(C)C(=O)N(CCC(C)C(=O)OC(=O)OCC3c4ccccc4-c4ccccc43)C2)[C@H](O)[C@@H]1O.C=P(C)(C)CCC1O[C@@H](n2cc(CC(C)=O)c(=O)[nH]c2=O)[C@H](O)[C@@H]1O.C=P(C)(C)CCC1O[C@@H](n2cc(CC(C)=O)c(=O)[nH]c2=O)[C@H](O)[C@@H]1O.C=P(C)(C)CCC1O[C@@H](n2cc(CC(C)=O)c(=O)[nH]c2=S)[C@H](OC)[C@@H]1O. The van der Waals surface area contributed by atoms with Crippen molar-refractivity contribution >= 4 is 126 Å². The predicted molar refractivity (Wildman–Crippen MR) is 584 cm³/mol. The fraction of sp³-hybridized carbons (Fsp3) is 0.598. The number of fused-ring (bicyclic) bond motifs is 3. The molecule has 0 bridgehead atoms. The van der Waals surface area contributed by atoms with Gasteiger partial charge in [0.2, 0.25) is 0 Å². The Hall–Kier alpha value is -8.76. The van der Waals surface area contributed by atoms with Crippen LogP contribution in [-0.2, 0) is 81.1 Å². The van der Waals surface area contributed by atoms with Crippen LogP contribution >= 0.6 is 46.6 Å². The third kappa shape index (κ3) is 34.4. The Morgan fingerprint density at radius 1 is 0.450 bits per heavy atom. The molecule has 7 unspecified atom stereocenters. The molecule has 7 aliphatic heterocycles. The number of hydrogen-bond acceptors (Lipinski definition) is 31. The molecule has 3 aromatic heterocycles. The van der Waals surface area contributed by atoms with Crippen molar-refractivity contribution in [3.05, 3.63) is 175 Å². The smallest absolute Gasteiger partial charge is 0.481 e. The van der Waals surface area contributed by atoms with Crippen LogP contribution in [-0.4, -0.2) is 434 Å². The van der Waals surface area contributed by atoms with Crippen LogP contribution in [0.2, 0.25) is 0 Å². The summed E-state index contributed by atoms with van der Waals surface area (Å²) in [5.74, 6) is -3.63. The number of aliphatic hydroxyl groups is 9. The van der Waals surface area contributed by atoms with Crippen LogP contribution in [0, 0.1) is 16.6 Å². The van der Waals surface area contributed by atoms with Crippen LogP contribution in [0.5, 0.6) is 0 Å². The van der Waals surface area contributed by atoms with E-state index in [1.54, 1.807) is 54.7 Å². The number of Topliss-reactive ketones (excluding diaryl/α,β-unsaturated/α-hetero) is 3. The lowest BCUT2D eigenvalue weighted by molar-refractivity contribution is -0.144. The van der Waals surface area contributed by atoms with E-state index in [9.17, 15) is 108 Å². The highest BCUT2D eigenvalue weighted by atomic mass is 32.1. The van der Waals surface area contributed by atoms with Gasteiger partial charge in [0.05, 0.1) is 42.4 Å². The van der Waals surface area contributed by atoms with Gasteiger partial charge in [0.1, 0.15) is 97.2 Å². The number of amides is 4. The molecule has 0 spiro atoms. The van der Waals surface area contributed by atoms with Crippen molar-refractivity contribution < 1.29 is 127 Å². The van der Waals surface area contributed by atoms with Crippen molar-refractivity contribution in [2.75, 3.05) is 151 Å². The third-order valence-electron chi connectivity index (χ3n) is 26.7. The number of carboxylic acids is 1. The Labute approximate surface area is 873 Å². The number of carboxylic acid groups (broad SMARTS) is 1. The molecular weight excluding hydrogens is 2050 g/mol. The average Bonchev–Trinajstić information content (AvgIpc) is 1.64. The van der Waals surface area contributed by atoms with Crippen LogP contribution in [0.15, 0.2) is 115 Å². The summed E-state index contributed by atoms with van der Waals surface area (Å²) in [6, 6.07) is 15.4. The number of ether oxygens (including phenoxy) is 8. The van der Waals surface area contributed by atoms with Gasteiger partial charge in [-0.15, -0.1) is 65.9 Å². The Morgan fingerprint density at radius 3 is 1.12 bits per heavy atom. The van der Waals surface area contributed by atoms with E-state index in [1.165, 1.54) is 56.3 Å². The number of hydrogen-bond donors (Lipinski definition) is 13. The summed E-state index contributed by atoms with van der Waals surface area (Å²) in [7, 11) is 4.71. The Kier molecular flexibility index (Phi) is 43.9. The summed E-state index contributed by atoms with van der Waals surface area (Å²) < 4.78 is 49.1. The molecule has 13 rings (SSSR count). The maximum atomic E-state index is 12.9. The first-order chi connectivity index (χ1) is 69.3. The maximum Gasteiger partial charge on any atom is 0.516 e. The molecule has 5 aromatic rings. The van der Waals surface area contributed by atoms with Crippen molar-refractivity contribution in [3.63, 3.8) is 0 Å². The maximum absolute atomic E-state index is 12.9. The van der Waals surface area contributed by atoms with Gasteiger partial charge >= 0.3 is 41.5 Å². The Balaban J connectivity index is 0.000000212. The number of nitrogens with zero attached hydrogens (tertiary/aromatic N) is 7. The number of urea groups is 2. The molecule has 47 heteroatoms. The van der Waals surface area contributed by atoms with Crippen LogP contribution in [0.3, 0.4) is 0 Å². The van der Waals surface area contributed by atoms with Crippen LogP contribution in [0.4, 0.5) is 14.4 Å². The van der Waals surface area contributed by atoms with Crippen molar-refractivity contribution in [1.82, 2.24) is 48.3 Å². The molecule has 22 atom stereocenters. The first kappa shape index (κ1) is 124. The number of nitrogens with one attached hydrogen (secondary N) is 3. The zero-order valence-corrected chi connectivity index (χ0v) is 93.6. The topological polar surface area (TPSA) is 573 Å². The van der Waals surface area contributed by atoms with Gasteiger partial charge in [-0.05, 0) is 209 Å². The number of H-pyrrole nitrogens is 3. The van der Waals surface area contributed by atoms with Crippen molar-refractivity contribution in [2.24, 2.45) is 11.8 Å². The number of rotatable bonds is 37. The summed E-state index contributed by atoms with van der Waals surface area (Å²) in [5, 5.41) is 103. The lowest BCUT2D eigenvalue weighted by Gasteiger charge is -2.35. The largest absolute Gasteiger partial charge is 0.516 e. The van der Waals surface area contributed by atoms with E-state index >= 15 is 0 Å². The minimum absolute atomic E-state index is 0.00146. The number of aliphatic hydroxyl groups excluding tert-OH is 9.